The Morgan fingerprint density at radius 2 is 1.88 bits per heavy atom. The van der Waals surface area contributed by atoms with Gasteiger partial charge in [0.2, 0.25) is 0 Å². The van der Waals surface area contributed by atoms with Crippen LogP contribution in [0.1, 0.15) is 15.9 Å². The number of hydrogen-bond donors (Lipinski definition) is 1. The Kier molecular flexibility index (Phi) is 3.82. The molecule has 5 heteroatoms. The number of fused-ring (bicyclic) bond motifs is 2. The van der Waals surface area contributed by atoms with Crippen LogP contribution in [0, 0.1) is 0 Å². The number of benzene rings is 3. The summed E-state index contributed by atoms with van der Waals surface area (Å²) in [6, 6.07) is 18.7. The summed E-state index contributed by atoms with van der Waals surface area (Å²) in [5, 5.41) is 4.94. The highest BCUT2D eigenvalue weighted by Crippen LogP contribution is 2.23. The number of nitrogens with one attached hydrogen (secondary N) is 1. The van der Waals surface area contributed by atoms with Gasteiger partial charge in [0.15, 0.2) is 6.61 Å². The Morgan fingerprint density at radius 3 is 2.76 bits per heavy atom. The number of anilines is 1. The lowest BCUT2D eigenvalue weighted by Gasteiger charge is -2.09. The van der Waals surface area contributed by atoms with Crippen LogP contribution in [-0.2, 0) is 16.1 Å². The quantitative estimate of drug-likeness (QED) is 0.742. The summed E-state index contributed by atoms with van der Waals surface area (Å²) in [5.74, 6) is 0.0488. The third-order valence-corrected chi connectivity index (χ3v) is 4.06. The average molecular weight is 333 g/mol. The van der Waals surface area contributed by atoms with E-state index in [1.165, 1.54) is 0 Å². The molecule has 0 atom stereocenters. The van der Waals surface area contributed by atoms with E-state index in [9.17, 15) is 9.59 Å². The Hall–Kier alpha value is -3.34. The molecule has 4 rings (SSSR count). The Morgan fingerprint density at radius 1 is 1.04 bits per heavy atom. The van der Waals surface area contributed by atoms with Gasteiger partial charge >= 0.3 is 5.97 Å². The van der Waals surface area contributed by atoms with E-state index >= 15 is 0 Å². The first-order valence-corrected chi connectivity index (χ1v) is 7.90. The molecule has 0 saturated heterocycles. The van der Waals surface area contributed by atoms with Crippen molar-refractivity contribution in [3.63, 3.8) is 0 Å². The maximum absolute atomic E-state index is 12.1. The summed E-state index contributed by atoms with van der Waals surface area (Å²) < 4.78 is 10.5. The molecule has 5 nitrogen and oxygen atoms in total. The lowest BCUT2D eigenvalue weighted by atomic mass is 10.1. The molecule has 0 spiro atoms. The molecule has 1 aliphatic rings. The molecule has 3 aromatic rings. The monoisotopic (exact) mass is 333 g/mol. The number of rotatable bonds is 4. The predicted octanol–water partition coefficient (Wildman–Crippen LogP) is 3.53. The fourth-order valence-electron chi connectivity index (χ4n) is 2.81. The number of carbonyl (C=O) groups excluding carboxylic acids is 2. The summed E-state index contributed by atoms with van der Waals surface area (Å²) in [6.45, 7) is 0.149. The Bertz CT molecular complexity index is 980. The lowest BCUT2D eigenvalue weighted by Crippen LogP contribution is -2.20. The molecule has 0 bridgehead atoms. The van der Waals surface area contributed by atoms with Crippen LogP contribution >= 0.6 is 0 Å². The molecule has 0 fully saturated rings. The van der Waals surface area contributed by atoms with E-state index in [1.807, 2.05) is 42.5 Å². The molecule has 1 amide bonds. The summed E-state index contributed by atoms with van der Waals surface area (Å²) >= 11 is 0. The highest BCUT2D eigenvalue weighted by molar-refractivity contribution is 5.96. The summed E-state index contributed by atoms with van der Waals surface area (Å²) in [5.41, 5.74) is 1.94. The predicted molar refractivity (Wildman–Crippen MR) is 93.6 cm³/mol. The van der Waals surface area contributed by atoms with Crippen LogP contribution in [0.2, 0.25) is 0 Å². The fraction of sp³-hybridized carbons (Fsp3) is 0.100. The molecule has 0 aliphatic carbocycles. The molecule has 1 N–H and O–H groups in total. The van der Waals surface area contributed by atoms with Gasteiger partial charge in [-0.25, -0.2) is 4.79 Å². The van der Waals surface area contributed by atoms with Crippen molar-refractivity contribution < 1.29 is 19.1 Å². The molecule has 3 aromatic carbocycles. The van der Waals surface area contributed by atoms with Gasteiger partial charge in [-0.1, -0.05) is 30.3 Å². The van der Waals surface area contributed by atoms with E-state index in [0.29, 0.717) is 17.0 Å². The highest BCUT2D eigenvalue weighted by Gasteiger charge is 2.21. The second kappa shape index (κ2) is 6.28. The number of amides is 1. The van der Waals surface area contributed by atoms with Gasteiger partial charge in [-0.05, 0) is 41.1 Å². The second-order valence-corrected chi connectivity index (χ2v) is 5.79. The van der Waals surface area contributed by atoms with Crippen molar-refractivity contribution in [2.75, 3.05) is 11.9 Å². The topological polar surface area (TPSA) is 64.6 Å². The second-order valence-electron chi connectivity index (χ2n) is 5.79. The molecule has 0 aromatic heterocycles. The number of esters is 1. The average Bonchev–Trinajstić information content (AvgIpc) is 3.00. The number of hydrogen-bond acceptors (Lipinski definition) is 4. The van der Waals surface area contributed by atoms with Crippen LogP contribution in [0.5, 0.6) is 5.75 Å². The van der Waals surface area contributed by atoms with Gasteiger partial charge in [0.25, 0.3) is 5.91 Å². The lowest BCUT2D eigenvalue weighted by molar-refractivity contribution is -0.118. The molecule has 0 radical (unpaired) electrons. The van der Waals surface area contributed by atoms with Gasteiger partial charge in [-0.3, -0.25) is 4.79 Å². The zero-order chi connectivity index (χ0) is 17.2. The molecular weight excluding hydrogens is 318 g/mol. The maximum atomic E-state index is 12.1. The van der Waals surface area contributed by atoms with Gasteiger partial charge in [0.1, 0.15) is 12.4 Å². The zero-order valence-corrected chi connectivity index (χ0v) is 13.3. The first-order valence-electron chi connectivity index (χ1n) is 7.90. The molecular formula is C20H15NO4. The zero-order valence-electron chi connectivity index (χ0n) is 13.3. The van der Waals surface area contributed by atoms with E-state index in [1.54, 1.807) is 18.2 Å². The summed E-state index contributed by atoms with van der Waals surface area (Å²) in [7, 11) is 0. The van der Waals surface area contributed by atoms with E-state index in [4.69, 9.17) is 9.47 Å². The molecule has 0 saturated carbocycles. The van der Waals surface area contributed by atoms with Gasteiger partial charge in [0.05, 0.1) is 5.56 Å². The highest BCUT2D eigenvalue weighted by atomic mass is 16.5. The van der Waals surface area contributed by atoms with Crippen molar-refractivity contribution in [1.29, 1.82) is 0 Å². The Balaban J connectivity index is 1.39. The smallest absolute Gasteiger partial charge is 0.338 e. The molecule has 0 unspecified atom stereocenters. The standard InChI is InChI=1S/C20H15NO4/c22-19(21-16-6-8-18-15(9-16)11-25-20(18)23)12-24-17-7-5-13-3-1-2-4-14(13)10-17/h1-10H,11-12H2,(H,21,22). The molecule has 25 heavy (non-hydrogen) atoms. The van der Waals surface area contributed by atoms with Gasteiger partial charge < -0.3 is 14.8 Å². The van der Waals surface area contributed by atoms with Crippen molar-refractivity contribution >= 4 is 28.3 Å². The van der Waals surface area contributed by atoms with Crippen molar-refractivity contribution in [3.8, 4) is 5.75 Å². The van der Waals surface area contributed by atoms with Gasteiger partial charge in [-0.2, -0.15) is 0 Å². The maximum Gasteiger partial charge on any atom is 0.338 e. The Labute approximate surface area is 144 Å². The molecule has 1 aliphatic heterocycles. The van der Waals surface area contributed by atoms with E-state index < -0.39 is 0 Å². The van der Waals surface area contributed by atoms with E-state index in [2.05, 4.69) is 5.32 Å². The third-order valence-electron chi connectivity index (χ3n) is 4.06. The first-order chi connectivity index (χ1) is 12.2. The van der Waals surface area contributed by atoms with Crippen LogP contribution in [0.3, 0.4) is 0 Å². The van der Waals surface area contributed by atoms with Gasteiger partial charge in [-0.15, -0.1) is 0 Å². The minimum atomic E-state index is -0.326. The van der Waals surface area contributed by atoms with Crippen LogP contribution in [0.4, 0.5) is 5.69 Å². The largest absolute Gasteiger partial charge is 0.484 e. The van der Waals surface area contributed by atoms with Crippen molar-refractivity contribution in [2.24, 2.45) is 0 Å². The first kappa shape index (κ1) is 15.2. The number of ether oxygens (including phenoxy) is 2. The van der Waals surface area contributed by atoms with Crippen LogP contribution in [-0.4, -0.2) is 18.5 Å². The van der Waals surface area contributed by atoms with E-state index in [-0.39, 0.29) is 25.1 Å². The SMILES string of the molecule is O=C(COc1ccc2ccccc2c1)Nc1ccc2c(c1)COC2=O. The normalized spacial score (nSPS) is 12.6. The molecule has 124 valence electrons. The van der Waals surface area contributed by atoms with Crippen LogP contribution in [0.15, 0.2) is 60.7 Å². The van der Waals surface area contributed by atoms with Crippen LogP contribution < -0.4 is 10.1 Å². The summed E-state index contributed by atoms with van der Waals surface area (Å²) in [4.78, 5) is 23.5. The van der Waals surface area contributed by atoms with Crippen molar-refractivity contribution in [1.82, 2.24) is 0 Å². The van der Waals surface area contributed by atoms with Crippen LogP contribution in [0.25, 0.3) is 10.8 Å². The third kappa shape index (κ3) is 3.17. The number of cyclic esters (lactones) is 1. The number of carbonyl (C=O) groups is 2. The van der Waals surface area contributed by atoms with Gasteiger partial charge in [0, 0.05) is 11.3 Å². The fourth-order valence-corrected chi connectivity index (χ4v) is 2.81. The van der Waals surface area contributed by atoms with E-state index in [0.717, 1.165) is 16.3 Å². The minimum Gasteiger partial charge on any atom is -0.484 e. The molecule has 1 heterocycles. The van der Waals surface area contributed by atoms with Crippen molar-refractivity contribution in [2.45, 2.75) is 6.61 Å². The minimum absolute atomic E-state index is 0.0924. The summed E-state index contributed by atoms with van der Waals surface area (Å²) in [6.07, 6.45) is 0. The van der Waals surface area contributed by atoms with Crippen molar-refractivity contribution in [3.05, 3.63) is 71.8 Å².